The molecular formula is C26H34Br2O6. The van der Waals surface area contributed by atoms with E-state index in [1.165, 1.54) is 11.1 Å². The Bertz CT molecular complexity index is 839. The van der Waals surface area contributed by atoms with Gasteiger partial charge in [-0.2, -0.15) is 0 Å². The number of benzene rings is 2. The van der Waals surface area contributed by atoms with Gasteiger partial charge in [0.05, 0.1) is 20.8 Å². The number of rotatable bonds is 13. The van der Waals surface area contributed by atoms with E-state index in [4.69, 9.17) is 19.3 Å². The van der Waals surface area contributed by atoms with Crippen molar-refractivity contribution < 1.29 is 28.9 Å². The highest BCUT2D eigenvalue weighted by Gasteiger charge is 2.15. The van der Waals surface area contributed by atoms with E-state index in [0.29, 0.717) is 13.0 Å². The summed E-state index contributed by atoms with van der Waals surface area (Å²) in [6.07, 6.45) is 5.06. The summed E-state index contributed by atoms with van der Waals surface area (Å²) in [7, 11) is 3.29. The maximum atomic E-state index is 11.4. The lowest BCUT2D eigenvalue weighted by molar-refractivity contribution is -0.142. The zero-order valence-electron chi connectivity index (χ0n) is 20.0. The maximum absolute atomic E-state index is 11.4. The molecule has 0 saturated carbocycles. The van der Waals surface area contributed by atoms with E-state index in [-0.39, 0.29) is 10.8 Å². The number of hydrogen-bond acceptors (Lipinski definition) is 5. The van der Waals surface area contributed by atoms with Crippen LogP contribution in [0.3, 0.4) is 0 Å². The number of methoxy groups -OCH3 is 2. The van der Waals surface area contributed by atoms with Gasteiger partial charge in [0.1, 0.15) is 21.2 Å². The molecule has 2 aromatic rings. The molecule has 0 spiro atoms. The van der Waals surface area contributed by atoms with Crippen LogP contribution in [0.25, 0.3) is 0 Å². The summed E-state index contributed by atoms with van der Waals surface area (Å²) in [6, 6.07) is 15.8. The summed E-state index contributed by atoms with van der Waals surface area (Å²) >= 11 is 6.47. The van der Waals surface area contributed by atoms with Gasteiger partial charge in [0, 0.05) is 0 Å². The van der Waals surface area contributed by atoms with Gasteiger partial charge in [0.25, 0.3) is 0 Å². The number of ether oxygens (including phenoxy) is 3. The molecule has 0 amide bonds. The number of halogens is 2. The van der Waals surface area contributed by atoms with Crippen molar-refractivity contribution in [2.75, 3.05) is 20.8 Å². The molecule has 188 valence electrons. The minimum Gasteiger partial charge on any atom is -0.497 e. The lowest BCUT2D eigenvalue weighted by Crippen LogP contribution is -2.17. The van der Waals surface area contributed by atoms with Gasteiger partial charge < -0.3 is 19.3 Å². The van der Waals surface area contributed by atoms with E-state index < -0.39 is 10.8 Å². The van der Waals surface area contributed by atoms with Crippen molar-refractivity contribution in [1.82, 2.24) is 0 Å². The highest BCUT2D eigenvalue weighted by atomic mass is 79.9. The molecule has 2 atom stereocenters. The van der Waals surface area contributed by atoms with Crippen LogP contribution < -0.4 is 9.47 Å². The first-order valence-electron chi connectivity index (χ1n) is 11.2. The van der Waals surface area contributed by atoms with Gasteiger partial charge in [-0.15, -0.1) is 0 Å². The van der Waals surface area contributed by atoms with Crippen LogP contribution in [-0.2, 0) is 27.2 Å². The Morgan fingerprint density at radius 2 is 1.21 bits per heavy atom. The molecule has 2 aromatic carbocycles. The van der Waals surface area contributed by atoms with Crippen LogP contribution in [0.1, 0.15) is 43.7 Å². The molecule has 0 radical (unpaired) electrons. The Labute approximate surface area is 219 Å². The van der Waals surface area contributed by atoms with Crippen molar-refractivity contribution >= 4 is 43.8 Å². The van der Waals surface area contributed by atoms with Crippen LogP contribution in [0.2, 0.25) is 0 Å². The Hall–Kier alpha value is -2.06. The molecule has 1 N–H and O–H groups in total. The van der Waals surface area contributed by atoms with Crippen LogP contribution in [0, 0.1) is 0 Å². The maximum Gasteiger partial charge on any atom is 0.319 e. The van der Waals surface area contributed by atoms with E-state index in [0.717, 1.165) is 43.6 Å². The van der Waals surface area contributed by atoms with Crippen molar-refractivity contribution in [2.24, 2.45) is 0 Å². The zero-order chi connectivity index (χ0) is 25.3. The first-order valence-corrected chi connectivity index (χ1v) is 13.1. The van der Waals surface area contributed by atoms with Gasteiger partial charge in [-0.3, -0.25) is 9.59 Å². The lowest BCUT2D eigenvalue weighted by atomic mass is 10.1. The number of esters is 1. The molecule has 34 heavy (non-hydrogen) atoms. The average Bonchev–Trinajstić information content (AvgIpc) is 2.85. The summed E-state index contributed by atoms with van der Waals surface area (Å²) in [5.41, 5.74) is 2.45. The zero-order valence-corrected chi connectivity index (χ0v) is 23.1. The normalized spacial score (nSPS) is 12.0. The number of hydrogen-bond donors (Lipinski definition) is 1. The smallest absolute Gasteiger partial charge is 0.319 e. The van der Waals surface area contributed by atoms with Crippen LogP contribution in [-0.4, -0.2) is 47.5 Å². The molecule has 0 aliphatic heterocycles. The second-order valence-corrected chi connectivity index (χ2v) is 9.72. The Morgan fingerprint density at radius 3 is 1.56 bits per heavy atom. The number of carbonyl (C=O) groups excluding carboxylic acids is 1. The standard InChI is InChI=1S/C14H19BrO3.C12H15BrO3/c1-3-18-14(16)13(15)6-4-5-11-7-9-12(17-2)10-8-11;1-16-10-7-5-9(6-8-10)3-2-4-11(13)12(14)15/h7-10,13H,3-6H2,1-2H3;5-8,11H,2-4H2,1H3,(H,14,15). The van der Waals surface area contributed by atoms with Crippen molar-refractivity contribution in [3.05, 3.63) is 59.7 Å². The van der Waals surface area contributed by atoms with Crippen molar-refractivity contribution in [1.29, 1.82) is 0 Å². The fourth-order valence-corrected chi connectivity index (χ4v) is 3.81. The highest BCUT2D eigenvalue weighted by Crippen LogP contribution is 2.17. The Kier molecular flexibility index (Phi) is 15.3. The summed E-state index contributed by atoms with van der Waals surface area (Å²) in [5.74, 6) is 0.734. The average molecular weight is 602 g/mol. The fraction of sp³-hybridized carbons (Fsp3) is 0.462. The van der Waals surface area contributed by atoms with Crippen molar-refractivity contribution in [3.8, 4) is 11.5 Å². The first kappa shape index (κ1) is 30.0. The van der Waals surface area contributed by atoms with Crippen molar-refractivity contribution in [3.63, 3.8) is 0 Å². The predicted molar refractivity (Wildman–Crippen MR) is 142 cm³/mol. The third kappa shape index (κ3) is 12.4. The number of aliphatic carboxylic acids is 1. The number of aryl methyl sites for hydroxylation is 2. The largest absolute Gasteiger partial charge is 0.497 e. The number of carbonyl (C=O) groups is 2. The molecule has 0 heterocycles. The molecule has 0 bridgehead atoms. The molecule has 2 rings (SSSR count). The summed E-state index contributed by atoms with van der Waals surface area (Å²) in [4.78, 5) is 21.3. The second-order valence-electron chi connectivity index (χ2n) is 7.51. The van der Waals surface area contributed by atoms with Crippen LogP contribution in [0.15, 0.2) is 48.5 Å². The monoisotopic (exact) mass is 600 g/mol. The number of carboxylic acid groups (broad SMARTS) is 1. The van der Waals surface area contributed by atoms with Crippen molar-refractivity contribution in [2.45, 2.75) is 55.1 Å². The summed E-state index contributed by atoms with van der Waals surface area (Å²) < 4.78 is 15.1. The summed E-state index contributed by atoms with van der Waals surface area (Å²) in [5, 5.41) is 8.68. The lowest BCUT2D eigenvalue weighted by Gasteiger charge is -2.08. The first-order chi connectivity index (χ1) is 16.3. The van der Waals surface area contributed by atoms with Gasteiger partial charge in [-0.05, 0) is 80.8 Å². The van der Waals surface area contributed by atoms with Gasteiger partial charge in [0.15, 0.2) is 0 Å². The third-order valence-corrected chi connectivity index (χ3v) is 6.66. The molecule has 8 heteroatoms. The highest BCUT2D eigenvalue weighted by molar-refractivity contribution is 9.10. The molecule has 0 aromatic heterocycles. The van der Waals surface area contributed by atoms with Gasteiger partial charge >= 0.3 is 11.9 Å². The van der Waals surface area contributed by atoms with E-state index in [2.05, 4.69) is 31.9 Å². The molecule has 2 unspecified atom stereocenters. The molecular weight excluding hydrogens is 568 g/mol. The van der Waals surface area contributed by atoms with Crippen LogP contribution >= 0.6 is 31.9 Å². The number of alkyl halides is 2. The number of carboxylic acids is 1. The molecule has 6 nitrogen and oxygen atoms in total. The van der Waals surface area contributed by atoms with Gasteiger partial charge in [0.2, 0.25) is 0 Å². The fourth-order valence-electron chi connectivity index (χ4n) is 3.03. The Balaban J connectivity index is 0.000000342. The van der Waals surface area contributed by atoms with E-state index in [1.807, 2.05) is 55.5 Å². The van der Waals surface area contributed by atoms with E-state index in [9.17, 15) is 9.59 Å². The topological polar surface area (TPSA) is 82.1 Å². The molecule has 0 saturated heterocycles. The van der Waals surface area contributed by atoms with Gasteiger partial charge in [-0.25, -0.2) is 0 Å². The quantitative estimate of drug-likeness (QED) is 0.217. The minimum absolute atomic E-state index is 0.174. The second kappa shape index (κ2) is 17.4. The third-order valence-electron chi connectivity index (χ3n) is 4.97. The summed E-state index contributed by atoms with van der Waals surface area (Å²) in [6.45, 7) is 2.24. The van der Waals surface area contributed by atoms with E-state index >= 15 is 0 Å². The van der Waals surface area contributed by atoms with Crippen LogP contribution in [0.5, 0.6) is 11.5 Å². The SMILES string of the molecule is CCOC(=O)C(Br)CCCc1ccc(OC)cc1.COc1ccc(CCCC(Br)C(=O)O)cc1. The molecule has 0 aliphatic rings. The van der Waals surface area contributed by atoms with Crippen LogP contribution in [0.4, 0.5) is 0 Å². The minimum atomic E-state index is -0.797. The Morgan fingerprint density at radius 1 is 0.794 bits per heavy atom. The van der Waals surface area contributed by atoms with Gasteiger partial charge in [-0.1, -0.05) is 56.1 Å². The predicted octanol–water partition coefficient (Wildman–Crippen LogP) is 6.21. The molecule has 0 fully saturated rings. The van der Waals surface area contributed by atoms with E-state index in [1.54, 1.807) is 14.2 Å². The molecule has 0 aliphatic carbocycles.